The molecule has 0 bridgehead atoms. The van der Waals surface area contributed by atoms with E-state index in [1.165, 1.54) is 13.8 Å². The first-order valence-corrected chi connectivity index (χ1v) is 12.2. The third kappa shape index (κ3) is 6.67. The van der Waals surface area contributed by atoms with Crippen LogP contribution in [0.1, 0.15) is 50.7 Å². The Balaban J connectivity index is 1.73. The summed E-state index contributed by atoms with van der Waals surface area (Å²) in [6.45, 7) is 3.89. The summed E-state index contributed by atoms with van der Waals surface area (Å²) >= 11 is 6.37. The maximum Gasteiger partial charge on any atom is 0.434 e. The molecule has 1 aromatic rings. The Morgan fingerprint density at radius 2 is 1.68 bits per heavy atom. The molecule has 210 valence electrons. The summed E-state index contributed by atoms with van der Waals surface area (Å²) in [5.41, 5.74) is -0.480. The number of carbonyl (C=O) groups is 2. The second-order valence-corrected chi connectivity index (χ2v) is 10.4. The van der Waals surface area contributed by atoms with E-state index in [1.54, 1.807) is 12.1 Å². The van der Waals surface area contributed by atoms with Gasteiger partial charge in [-0.1, -0.05) is 35.6 Å². The standard InChI is InChI=1S/C25H27ClF6N2O4/c1-22(2,20(35)36)9-7-17-16(5-3-6-18(17)26)15-34-12-4-8-23(34)10-13-33(14-11-23)21(37)38-19(24(27,28)29)25(30,31)32/h3,5-6,19H,4,8,10-15H2,1-2H3,(H,35,36). The van der Waals surface area contributed by atoms with Crippen LogP contribution in [-0.2, 0) is 16.1 Å². The van der Waals surface area contributed by atoms with Crippen LogP contribution in [0.4, 0.5) is 31.1 Å². The lowest BCUT2D eigenvalue weighted by molar-refractivity contribution is -0.308. The van der Waals surface area contributed by atoms with Crippen molar-refractivity contribution in [2.24, 2.45) is 5.41 Å². The zero-order valence-electron chi connectivity index (χ0n) is 20.7. The third-order valence-corrected chi connectivity index (χ3v) is 7.32. The zero-order valence-corrected chi connectivity index (χ0v) is 21.4. The van der Waals surface area contributed by atoms with Gasteiger partial charge in [0.15, 0.2) is 0 Å². The minimum Gasteiger partial charge on any atom is -0.480 e. The number of piperidine rings is 1. The summed E-state index contributed by atoms with van der Waals surface area (Å²) < 4.78 is 80.6. The molecule has 0 radical (unpaired) electrons. The number of halogens is 7. The molecule has 2 aliphatic heterocycles. The molecule has 2 aliphatic rings. The Morgan fingerprint density at radius 1 is 1.08 bits per heavy atom. The van der Waals surface area contributed by atoms with Crippen molar-refractivity contribution in [3.63, 3.8) is 0 Å². The van der Waals surface area contributed by atoms with Crippen molar-refractivity contribution in [3.8, 4) is 11.8 Å². The van der Waals surface area contributed by atoms with E-state index in [1.807, 2.05) is 6.07 Å². The minimum atomic E-state index is -5.77. The molecule has 2 fully saturated rings. The summed E-state index contributed by atoms with van der Waals surface area (Å²) in [7, 11) is 0. The van der Waals surface area contributed by atoms with Gasteiger partial charge in [0.25, 0.3) is 6.10 Å². The molecule has 3 rings (SSSR count). The zero-order chi connectivity index (χ0) is 28.5. The van der Waals surface area contributed by atoms with E-state index < -0.39 is 41.5 Å². The molecule has 13 heteroatoms. The predicted octanol–water partition coefficient (Wildman–Crippen LogP) is 5.86. The van der Waals surface area contributed by atoms with E-state index in [0.717, 1.165) is 23.3 Å². The van der Waals surface area contributed by atoms with Crippen LogP contribution in [0, 0.1) is 17.3 Å². The largest absolute Gasteiger partial charge is 0.480 e. The summed E-state index contributed by atoms with van der Waals surface area (Å²) in [4.78, 5) is 26.6. The number of carbonyl (C=O) groups excluding carboxylic acids is 1. The van der Waals surface area contributed by atoms with Crippen molar-refractivity contribution in [3.05, 3.63) is 34.3 Å². The van der Waals surface area contributed by atoms with Crippen LogP contribution in [0.25, 0.3) is 0 Å². The van der Waals surface area contributed by atoms with Crippen molar-refractivity contribution >= 4 is 23.7 Å². The van der Waals surface area contributed by atoms with E-state index >= 15 is 0 Å². The molecule has 6 nitrogen and oxygen atoms in total. The molecule has 2 saturated heterocycles. The van der Waals surface area contributed by atoms with Crippen LogP contribution in [0.15, 0.2) is 18.2 Å². The number of amides is 1. The van der Waals surface area contributed by atoms with Gasteiger partial charge in [0.05, 0.1) is 5.02 Å². The molecule has 0 atom stereocenters. The molecule has 0 unspecified atom stereocenters. The monoisotopic (exact) mass is 568 g/mol. The lowest BCUT2D eigenvalue weighted by Gasteiger charge is -2.45. The number of carboxylic acid groups (broad SMARTS) is 1. The Bertz CT molecular complexity index is 1100. The fraction of sp³-hybridized carbons (Fsp3) is 0.600. The van der Waals surface area contributed by atoms with Gasteiger partial charge in [-0.2, -0.15) is 26.3 Å². The lowest BCUT2D eigenvalue weighted by Crippen LogP contribution is -2.54. The highest BCUT2D eigenvalue weighted by atomic mass is 35.5. The van der Waals surface area contributed by atoms with Crippen molar-refractivity contribution in [2.45, 2.75) is 70.1 Å². The lowest BCUT2D eigenvalue weighted by atomic mass is 9.84. The highest BCUT2D eigenvalue weighted by molar-refractivity contribution is 6.31. The van der Waals surface area contributed by atoms with Crippen LogP contribution in [0.2, 0.25) is 5.02 Å². The molecule has 2 heterocycles. The van der Waals surface area contributed by atoms with Crippen LogP contribution in [0.5, 0.6) is 0 Å². The van der Waals surface area contributed by atoms with E-state index in [9.17, 15) is 41.0 Å². The van der Waals surface area contributed by atoms with Gasteiger partial charge in [0.1, 0.15) is 5.41 Å². The average Bonchev–Trinajstić information content (AvgIpc) is 3.17. The quantitative estimate of drug-likeness (QED) is 0.364. The molecule has 0 aromatic heterocycles. The molecule has 1 aromatic carbocycles. The maximum atomic E-state index is 12.8. The number of carboxylic acids is 1. The van der Waals surface area contributed by atoms with Gasteiger partial charge in [0, 0.05) is 30.7 Å². The van der Waals surface area contributed by atoms with Gasteiger partial charge in [-0.05, 0) is 57.7 Å². The minimum absolute atomic E-state index is 0.0627. The number of aliphatic carboxylic acids is 1. The first-order valence-electron chi connectivity index (χ1n) is 11.8. The number of likely N-dealkylation sites (tertiary alicyclic amines) is 2. The second-order valence-electron chi connectivity index (χ2n) is 10.0. The number of alkyl halides is 6. The SMILES string of the molecule is CC(C)(C#Cc1c(Cl)cccc1CN1CCCC12CCN(C(=O)OC(C(F)(F)F)C(F)(F)F)CC2)C(=O)O. The van der Waals surface area contributed by atoms with Gasteiger partial charge < -0.3 is 14.7 Å². The maximum absolute atomic E-state index is 12.8. The first kappa shape index (κ1) is 29.9. The van der Waals surface area contributed by atoms with Crippen LogP contribution in [0.3, 0.4) is 0 Å². The fourth-order valence-corrected chi connectivity index (χ4v) is 4.97. The van der Waals surface area contributed by atoms with Crippen molar-refractivity contribution in [1.29, 1.82) is 0 Å². The summed E-state index contributed by atoms with van der Waals surface area (Å²) in [5.74, 6) is 4.54. The van der Waals surface area contributed by atoms with E-state index in [-0.39, 0.29) is 13.1 Å². The second kappa shape index (κ2) is 10.8. The highest BCUT2D eigenvalue weighted by Crippen LogP contribution is 2.41. The number of rotatable bonds is 4. The molecule has 1 spiro atoms. The summed E-state index contributed by atoms with van der Waals surface area (Å²) in [6, 6.07) is 5.20. The molecule has 1 N–H and O–H groups in total. The first-order chi connectivity index (χ1) is 17.5. The van der Waals surface area contributed by atoms with Crippen LogP contribution in [-0.4, -0.2) is 70.6 Å². The Hall–Kier alpha value is -2.65. The Kier molecular flexibility index (Phi) is 8.53. The third-order valence-electron chi connectivity index (χ3n) is 7.00. The van der Waals surface area contributed by atoms with E-state index in [4.69, 9.17) is 11.6 Å². The van der Waals surface area contributed by atoms with Crippen molar-refractivity contribution in [2.75, 3.05) is 19.6 Å². The van der Waals surface area contributed by atoms with Crippen molar-refractivity contribution < 1.29 is 45.8 Å². The number of hydrogen-bond acceptors (Lipinski definition) is 4. The van der Waals surface area contributed by atoms with Gasteiger partial charge >= 0.3 is 24.4 Å². The van der Waals surface area contributed by atoms with Gasteiger partial charge in [0.2, 0.25) is 0 Å². The summed E-state index contributed by atoms with van der Waals surface area (Å²) in [6.07, 6.45) is -15.2. The van der Waals surface area contributed by atoms with E-state index in [0.29, 0.717) is 36.5 Å². The van der Waals surface area contributed by atoms with Gasteiger partial charge in [-0.15, -0.1) is 0 Å². The number of nitrogens with zero attached hydrogens (tertiary/aromatic N) is 2. The molecule has 0 saturated carbocycles. The fourth-order valence-electron chi connectivity index (χ4n) is 4.73. The molecule has 0 aliphatic carbocycles. The Morgan fingerprint density at radius 3 is 2.24 bits per heavy atom. The highest BCUT2D eigenvalue weighted by Gasteiger charge is 2.60. The smallest absolute Gasteiger partial charge is 0.434 e. The Labute approximate surface area is 220 Å². The van der Waals surface area contributed by atoms with Crippen LogP contribution >= 0.6 is 11.6 Å². The molecular weight excluding hydrogens is 542 g/mol. The topological polar surface area (TPSA) is 70.1 Å². The number of hydrogen-bond donors (Lipinski definition) is 1. The number of ether oxygens (including phenoxy) is 1. The van der Waals surface area contributed by atoms with Gasteiger partial charge in [-0.3, -0.25) is 9.69 Å². The normalized spacial score (nSPS) is 18.4. The van der Waals surface area contributed by atoms with Crippen LogP contribution < -0.4 is 0 Å². The van der Waals surface area contributed by atoms with Crippen molar-refractivity contribution in [1.82, 2.24) is 9.80 Å². The molecule has 38 heavy (non-hydrogen) atoms. The summed E-state index contributed by atoms with van der Waals surface area (Å²) in [5, 5.41) is 9.70. The molecular formula is C25H27ClF6N2O4. The average molecular weight is 569 g/mol. The van der Waals surface area contributed by atoms with Gasteiger partial charge in [-0.25, -0.2) is 4.79 Å². The molecule has 1 amide bonds. The van der Waals surface area contributed by atoms with E-state index in [2.05, 4.69) is 21.5 Å². The number of benzene rings is 1. The predicted molar refractivity (Wildman–Crippen MR) is 125 cm³/mol.